The number of nitrogens with two attached hydrogens (primary N) is 1. The molecule has 0 bridgehead atoms. The molecule has 2 aromatic rings. The highest BCUT2D eigenvalue weighted by molar-refractivity contribution is 5.32. The summed E-state index contributed by atoms with van der Waals surface area (Å²) in [5.74, 6) is 1.61. The molecule has 1 heterocycles. The summed E-state index contributed by atoms with van der Waals surface area (Å²) in [6.45, 7) is 1.42. The zero-order chi connectivity index (χ0) is 12.8. The zero-order valence-corrected chi connectivity index (χ0v) is 10.4. The van der Waals surface area contributed by atoms with E-state index in [1.54, 1.807) is 13.3 Å². The van der Waals surface area contributed by atoms with Crippen LogP contribution >= 0.6 is 0 Å². The molecule has 0 amide bonds. The minimum atomic E-state index is 0.632. The van der Waals surface area contributed by atoms with Crippen LogP contribution in [0.25, 0.3) is 0 Å². The SMILES string of the molecule is COc1cccc(OCCCn2cc(N)cn2)c1. The minimum Gasteiger partial charge on any atom is -0.497 e. The van der Waals surface area contributed by atoms with Gasteiger partial charge in [0.2, 0.25) is 0 Å². The molecule has 2 rings (SSSR count). The lowest BCUT2D eigenvalue weighted by Gasteiger charge is -2.07. The van der Waals surface area contributed by atoms with Gasteiger partial charge in [0.25, 0.3) is 0 Å². The molecule has 0 saturated carbocycles. The number of ether oxygens (including phenoxy) is 2. The Hall–Kier alpha value is -2.17. The summed E-state index contributed by atoms with van der Waals surface area (Å²) in [4.78, 5) is 0. The fraction of sp³-hybridized carbons (Fsp3) is 0.308. The average molecular weight is 247 g/mol. The van der Waals surface area contributed by atoms with Crippen molar-refractivity contribution in [2.24, 2.45) is 0 Å². The summed E-state index contributed by atoms with van der Waals surface area (Å²) >= 11 is 0. The first-order valence-corrected chi connectivity index (χ1v) is 5.83. The second-order valence-electron chi connectivity index (χ2n) is 3.92. The number of hydrogen-bond acceptors (Lipinski definition) is 4. The second-order valence-corrected chi connectivity index (χ2v) is 3.92. The van der Waals surface area contributed by atoms with Gasteiger partial charge in [-0.15, -0.1) is 0 Å². The third kappa shape index (κ3) is 3.41. The molecule has 0 fully saturated rings. The maximum absolute atomic E-state index is 5.62. The van der Waals surface area contributed by atoms with E-state index in [0.717, 1.165) is 24.5 Å². The predicted octanol–water partition coefficient (Wildman–Crippen LogP) is 1.94. The van der Waals surface area contributed by atoms with Gasteiger partial charge < -0.3 is 15.2 Å². The fourth-order valence-corrected chi connectivity index (χ4v) is 1.61. The molecule has 0 unspecified atom stereocenters. The van der Waals surface area contributed by atoms with Crippen molar-refractivity contribution in [1.29, 1.82) is 0 Å². The number of hydrogen-bond donors (Lipinski definition) is 1. The normalized spacial score (nSPS) is 10.3. The number of nitrogens with zero attached hydrogens (tertiary/aromatic N) is 2. The van der Waals surface area contributed by atoms with E-state index in [2.05, 4.69) is 5.10 Å². The van der Waals surface area contributed by atoms with Gasteiger partial charge in [-0.3, -0.25) is 4.68 Å². The second kappa shape index (κ2) is 5.95. The molecular formula is C13H17N3O2. The maximum atomic E-state index is 5.62. The summed E-state index contributed by atoms with van der Waals surface area (Å²) in [7, 11) is 1.64. The third-order valence-corrected chi connectivity index (χ3v) is 2.49. The topological polar surface area (TPSA) is 62.3 Å². The number of nitrogen functional groups attached to an aromatic ring is 1. The van der Waals surface area contributed by atoms with Crippen LogP contribution in [0.5, 0.6) is 11.5 Å². The molecule has 0 radical (unpaired) electrons. The molecule has 0 aliphatic rings. The molecule has 5 heteroatoms. The molecule has 1 aromatic carbocycles. The molecule has 0 saturated heterocycles. The highest BCUT2D eigenvalue weighted by Crippen LogP contribution is 2.18. The molecule has 18 heavy (non-hydrogen) atoms. The van der Waals surface area contributed by atoms with E-state index in [1.165, 1.54) is 0 Å². The highest BCUT2D eigenvalue weighted by atomic mass is 16.5. The van der Waals surface area contributed by atoms with Gasteiger partial charge in [-0.1, -0.05) is 6.07 Å². The monoisotopic (exact) mass is 247 g/mol. The maximum Gasteiger partial charge on any atom is 0.122 e. The molecule has 0 aliphatic heterocycles. The van der Waals surface area contributed by atoms with Gasteiger partial charge in [0, 0.05) is 25.2 Å². The van der Waals surface area contributed by atoms with Crippen molar-refractivity contribution in [2.75, 3.05) is 19.5 Å². The van der Waals surface area contributed by atoms with Crippen molar-refractivity contribution >= 4 is 5.69 Å². The molecule has 0 aliphatic carbocycles. The van der Waals surface area contributed by atoms with E-state index in [1.807, 2.05) is 35.1 Å². The van der Waals surface area contributed by atoms with Crippen LogP contribution < -0.4 is 15.2 Å². The lowest BCUT2D eigenvalue weighted by atomic mass is 10.3. The van der Waals surface area contributed by atoms with E-state index in [0.29, 0.717) is 12.3 Å². The quantitative estimate of drug-likeness (QED) is 0.792. The van der Waals surface area contributed by atoms with Crippen molar-refractivity contribution in [2.45, 2.75) is 13.0 Å². The van der Waals surface area contributed by atoms with Crippen LogP contribution in [0.4, 0.5) is 5.69 Å². The van der Waals surface area contributed by atoms with Gasteiger partial charge in [-0.25, -0.2) is 0 Å². The lowest BCUT2D eigenvalue weighted by molar-refractivity contribution is 0.296. The Kier molecular flexibility index (Phi) is 4.06. The van der Waals surface area contributed by atoms with Crippen molar-refractivity contribution in [3.05, 3.63) is 36.7 Å². The Morgan fingerprint density at radius 2 is 2.17 bits per heavy atom. The molecule has 1 aromatic heterocycles. The molecule has 2 N–H and O–H groups in total. The first kappa shape index (κ1) is 12.3. The molecule has 0 spiro atoms. The number of anilines is 1. The van der Waals surface area contributed by atoms with Gasteiger partial charge in [0.1, 0.15) is 11.5 Å². The smallest absolute Gasteiger partial charge is 0.122 e. The summed E-state index contributed by atoms with van der Waals surface area (Å²) in [5, 5.41) is 4.10. The summed E-state index contributed by atoms with van der Waals surface area (Å²) in [6, 6.07) is 7.57. The van der Waals surface area contributed by atoms with Crippen LogP contribution in [-0.4, -0.2) is 23.5 Å². The predicted molar refractivity (Wildman–Crippen MR) is 69.7 cm³/mol. The summed E-state index contributed by atoms with van der Waals surface area (Å²) in [5.41, 5.74) is 6.26. The van der Waals surface area contributed by atoms with Crippen molar-refractivity contribution < 1.29 is 9.47 Å². The molecule has 96 valence electrons. The van der Waals surface area contributed by atoms with Gasteiger partial charge in [0.15, 0.2) is 0 Å². The summed E-state index contributed by atoms with van der Waals surface area (Å²) < 4.78 is 12.6. The first-order valence-electron chi connectivity index (χ1n) is 5.83. The van der Waals surface area contributed by atoms with Crippen molar-refractivity contribution in [3.63, 3.8) is 0 Å². The van der Waals surface area contributed by atoms with Gasteiger partial charge in [0.05, 0.1) is 25.6 Å². The molecule has 0 atom stereocenters. The molecule has 5 nitrogen and oxygen atoms in total. The molecular weight excluding hydrogens is 230 g/mol. The van der Waals surface area contributed by atoms with E-state index < -0.39 is 0 Å². The van der Waals surface area contributed by atoms with E-state index >= 15 is 0 Å². The number of rotatable bonds is 6. The largest absolute Gasteiger partial charge is 0.497 e. The average Bonchev–Trinajstić information content (AvgIpc) is 2.81. The van der Waals surface area contributed by atoms with Gasteiger partial charge in [-0.05, 0) is 12.1 Å². The van der Waals surface area contributed by atoms with Gasteiger partial charge in [-0.2, -0.15) is 5.10 Å². The van der Waals surface area contributed by atoms with Crippen LogP contribution in [0.15, 0.2) is 36.7 Å². The fourth-order valence-electron chi connectivity index (χ4n) is 1.61. The number of aryl methyl sites for hydroxylation is 1. The van der Waals surface area contributed by atoms with Crippen LogP contribution in [-0.2, 0) is 6.54 Å². The van der Waals surface area contributed by atoms with Crippen molar-refractivity contribution in [3.8, 4) is 11.5 Å². The van der Waals surface area contributed by atoms with Crippen molar-refractivity contribution in [1.82, 2.24) is 9.78 Å². The Bertz CT molecular complexity index is 496. The van der Waals surface area contributed by atoms with Gasteiger partial charge >= 0.3 is 0 Å². The van der Waals surface area contributed by atoms with Crippen LogP contribution in [0.2, 0.25) is 0 Å². The number of benzene rings is 1. The lowest BCUT2D eigenvalue weighted by Crippen LogP contribution is -2.04. The Labute approximate surface area is 106 Å². The Morgan fingerprint density at radius 1 is 1.33 bits per heavy atom. The zero-order valence-electron chi connectivity index (χ0n) is 10.4. The number of methoxy groups -OCH3 is 1. The number of aromatic nitrogens is 2. The Balaban J connectivity index is 1.74. The van der Waals surface area contributed by atoms with E-state index in [-0.39, 0.29) is 0 Å². The van der Waals surface area contributed by atoms with Crippen LogP contribution in [0.1, 0.15) is 6.42 Å². The van der Waals surface area contributed by atoms with Crippen LogP contribution in [0, 0.1) is 0 Å². The first-order chi connectivity index (χ1) is 8.78. The standard InChI is InChI=1S/C13H17N3O2/c1-17-12-4-2-5-13(8-12)18-7-3-6-16-10-11(14)9-15-16/h2,4-5,8-10H,3,6-7,14H2,1H3. The van der Waals surface area contributed by atoms with E-state index in [9.17, 15) is 0 Å². The van der Waals surface area contributed by atoms with E-state index in [4.69, 9.17) is 15.2 Å². The third-order valence-electron chi connectivity index (χ3n) is 2.49. The highest BCUT2D eigenvalue weighted by Gasteiger charge is 1.98. The summed E-state index contributed by atoms with van der Waals surface area (Å²) in [6.07, 6.45) is 4.33. The minimum absolute atomic E-state index is 0.632. The van der Waals surface area contributed by atoms with Crippen LogP contribution in [0.3, 0.4) is 0 Å². The Morgan fingerprint density at radius 3 is 2.89 bits per heavy atom.